The Morgan fingerprint density at radius 2 is 1.77 bits per heavy atom. The minimum atomic E-state index is -0.387. The zero-order valence-electron chi connectivity index (χ0n) is 22.0. The molecule has 0 spiro atoms. The lowest BCUT2D eigenvalue weighted by molar-refractivity contribution is -0.114. The van der Waals surface area contributed by atoms with E-state index in [2.05, 4.69) is 17.3 Å². The van der Waals surface area contributed by atoms with Gasteiger partial charge in [0.25, 0.3) is 11.8 Å². The van der Waals surface area contributed by atoms with E-state index in [9.17, 15) is 19.5 Å². The quantitative estimate of drug-likeness (QED) is 0.460. The Hall–Kier alpha value is -3.88. The van der Waals surface area contributed by atoms with E-state index in [4.69, 9.17) is 4.99 Å². The van der Waals surface area contributed by atoms with Crippen LogP contribution in [0.15, 0.2) is 70.9 Å². The number of nitrogens with zero attached hydrogens (tertiary/aromatic N) is 3. The average Bonchev–Trinajstić information content (AvgIpc) is 3.46. The second-order valence-corrected chi connectivity index (χ2v) is 10.8. The van der Waals surface area contributed by atoms with Crippen molar-refractivity contribution >= 4 is 29.0 Å². The highest BCUT2D eigenvalue weighted by atomic mass is 16.3. The van der Waals surface area contributed by atoms with Gasteiger partial charge < -0.3 is 15.3 Å². The maximum atomic E-state index is 13.3. The van der Waals surface area contributed by atoms with Gasteiger partial charge in [0.05, 0.1) is 35.1 Å². The Morgan fingerprint density at radius 3 is 2.49 bits per heavy atom. The third kappa shape index (κ3) is 4.75. The molecular weight excluding hydrogens is 492 g/mol. The lowest BCUT2D eigenvalue weighted by atomic mass is 9.93. The van der Waals surface area contributed by atoms with Crippen LogP contribution >= 0.6 is 0 Å². The number of amides is 2. The zero-order chi connectivity index (χ0) is 27.1. The van der Waals surface area contributed by atoms with Crippen LogP contribution in [0.5, 0.6) is 0 Å². The number of rotatable bonds is 5. The van der Waals surface area contributed by atoms with E-state index in [-0.39, 0.29) is 42.7 Å². The second kappa shape index (κ2) is 10.4. The number of ketones is 1. The highest BCUT2D eigenvalue weighted by Crippen LogP contribution is 2.38. The lowest BCUT2D eigenvalue weighted by Gasteiger charge is -2.33. The fourth-order valence-electron chi connectivity index (χ4n) is 6.02. The standard InChI is InChI=1S/C31H32N4O4/c1-34-12-10-22(11-13-34)35-30(38)23-15-20-16-27(33-26(20)17-24(23)31(35)39)29-25(8-5-9-28(29)37)32-21(18-36)14-19-6-3-2-4-7-19/h2-8,15,17,21-22,33,36H,9-14,16,18H2,1H3/t21-/m0/s1. The SMILES string of the molecule is CN1CCC(N2C(=O)c3cc4c(cc3C2=O)NC(=C2C(=O)CC=CC2=N[C@H](CO)Cc2ccccc2)C4)CC1. The molecule has 1 aliphatic carbocycles. The summed E-state index contributed by atoms with van der Waals surface area (Å²) in [5.74, 6) is -0.504. The number of imide groups is 1. The number of likely N-dealkylation sites (tertiary alicyclic amines) is 1. The molecule has 0 saturated carbocycles. The molecule has 1 fully saturated rings. The van der Waals surface area contributed by atoms with Gasteiger partial charge in [-0.25, -0.2) is 0 Å². The summed E-state index contributed by atoms with van der Waals surface area (Å²) in [6.45, 7) is 1.59. The molecule has 200 valence electrons. The number of hydrogen-bond donors (Lipinski definition) is 2. The molecule has 2 amide bonds. The number of Topliss-reactive ketones (excluding diaryl/α,β-unsaturated/α-hetero) is 1. The molecule has 0 radical (unpaired) electrons. The fraction of sp³-hybridized carbons (Fsp3) is 0.355. The molecule has 3 aliphatic heterocycles. The van der Waals surface area contributed by atoms with Crippen LogP contribution in [0.3, 0.4) is 0 Å². The third-order valence-electron chi connectivity index (χ3n) is 8.11. The average molecular weight is 525 g/mol. The molecule has 8 heteroatoms. The number of fused-ring (bicyclic) bond motifs is 2. The number of benzene rings is 2. The van der Waals surface area contributed by atoms with Crippen LogP contribution in [-0.4, -0.2) is 77.0 Å². The molecule has 1 saturated heterocycles. The highest BCUT2D eigenvalue weighted by molar-refractivity contribution is 6.29. The number of hydrogen-bond acceptors (Lipinski definition) is 7. The summed E-state index contributed by atoms with van der Waals surface area (Å²) in [5, 5.41) is 13.4. The second-order valence-electron chi connectivity index (χ2n) is 10.8. The molecule has 3 heterocycles. The molecule has 2 aromatic carbocycles. The molecule has 0 aromatic heterocycles. The number of aliphatic hydroxyl groups is 1. The van der Waals surface area contributed by atoms with Gasteiger partial charge in [0.1, 0.15) is 0 Å². The van der Waals surface area contributed by atoms with Crippen molar-refractivity contribution in [1.82, 2.24) is 9.80 Å². The number of allylic oxidation sites excluding steroid dienone is 4. The van der Waals surface area contributed by atoms with Gasteiger partial charge in [0.15, 0.2) is 5.78 Å². The third-order valence-corrected chi connectivity index (χ3v) is 8.11. The summed E-state index contributed by atoms with van der Waals surface area (Å²) < 4.78 is 0. The monoisotopic (exact) mass is 524 g/mol. The molecule has 39 heavy (non-hydrogen) atoms. The normalized spacial score (nSPS) is 23.4. The van der Waals surface area contributed by atoms with Crippen molar-refractivity contribution in [3.05, 3.63) is 88.1 Å². The van der Waals surface area contributed by atoms with Gasteiger partial charge in [0, 0.05) is 30.3 Å². The maximum Gasteiger partial charge on any atom is 0.261 e. The minimum Gasteiger partial charge on any atom is -0.394 e. The molecule has 0 bridgehead atoms. The molecule has 1 atom stereocenters. The number of nitrogens with one attached hydrogen (secondary N) is 1. The van der Waals surface area contributed by atoms with Gasteiger partial charge in [-0.05, 0) is 68.7 Å². The summed E-state index contributed by atoms with van der Waals surface area (Å²) in [4.78, 5) is 48.2. The first-order chi connectivity index (χ1) is 18.9. The van der Waals surface area contributed by atoms with E-state index >= 15 is 0 Å². The smallest absolute Gasteiger partial charge is 0.261 e. The molecule has 2 N–H and O–H groups in total. The van der Waals surface area contributed by atoms with Crippen LogP contribution in [-0.2, 0) is 17.6 Å². The summed E-state index contributed by atoms with van der Waals surface area (Å²) in [6.07, 6.45) is 6.48. The Bertz CT molecular complexity index is 1390. The van der Waals surface area contributed by atoms with Crippen LogP contribution in [0.4, 0.5) is 5.69 Å². The van der Waals surface area contributed by atoms with Crippen molar-refractivity contribution in [3.8, 4) is 0 Å². The van der Waals surface area contributed by atoms with Crippen LogP contribution in [0.2, 0.25) is 0 Å². The first-order valence-electron chi connectivity index (χ1n) is 13.6. The van der Waals surface area contributed by atoms with Crippen LogP contribution in [0.25, 0.3) is 0 Å². The van der Waals surface area contributed by atoms with Gasteiger partial charge in [-0.3, -0.25) is 24.3 Å². The molecule has 0 unspecified atom stereocenters. The topological polar surface area (TPSA) is 102 Å². The maximum absolute atomic E-state index is 13.3. The summed E-state index contributed by atoms with van der Waals surface area (Å²) in [6, 6.07) is 13.0. The van der Waals surface area contributed by atoms with Gasteiger partial charge >= 0.3 is 0 Å². The first-order valence-corrected chi connectivity index (χ1v) is 13.6. The number of aliphatic imine (C=N–C) groups is 1. The Morgan fingerprint density at radius 1 is 1.05 bits per heavy atom. The van der Waals surface area contributed by atoms with E-state index in [1.54, 1.807) is 12.1 Å². The van der Waals surface area contributed by atoms with Crippen molar-refractivity contribution in [3.63, 3.8) is 0 Å². The molecule has 2 aromatic rings. The molecular formula is C31H32N4O4. The van der Waals surface area contributed by atoms with Gasteiger partial charge in [0.2, 0.25) is 0 Å². The lowest BCUT2D eigenvalue weighted by Crippen LogP contribution is -2.46. The van der Waals surface area contributed by atoms with Gasteiger partial charge in [-0.15, -0.1) is 0 Å². The Labute approximate surface area is 227 Å². The largest absolute Gasteiger partial charge is 0.394 e. The number of anilines is 1. The van der Waals surface area contributed by atoms with Crippen LogP contribution < -0.4 is 5.32 Å². The number of carbonyl (C=O) groups excluding carboxylic acids is 3. The van der Waals surface area contributed by atoms with Crippen LogP contribution in [0.1, 0.15) is 51.1 Å². The minimum absolute atomic E-state index is 0.0453. The van der Waals surface area contributed by atoms with E-state index in [1.807, 2.05) is 42.5 Å². The first kappa shape index (κ1) is 25.4. The summed E-state index contributed by atoms with van der Waals surface area (Å²) >= 11 is 0. The van der Waals surface area contributed by atoms with Crippen molar-refractivity contribution in [2.24, 2.45) is 4.99 Å². The van der Waals surface area contributed by atoms with Crippen molar-refractivity contribution < 1.29 is 19.5 Å². The predicted octanol–water partition coefficient (Wildman–Crippen LogP) is 3.17. The number of piperidine rings is 1. The molecule has 8 nitrogen and oxygen atoms in total. The van der Waals surface area contributed by atoms with E-state index < -0.39 is 0 Å². The summed E-state index contributed by atoms with van der Waals surface area (Å²) in [5.41, 5.74) is 5.31. The van der Waals surface area contributed by atoms with E-state index in [1.165, 1.54) is 4.90 Å². The van der Waals surface area contributed by atoms with Crippen molar-refractivity contribution in [1.29, 1.82) is 0 Å². The van der Waals surface area contributed by atoms with Gasteiger partial charge in [-0.1, -0.05) is 36.4 Å². The summed E-state index contributed by atoms with van der Waals surface area (Å²) in [7, 11) is 2.05. The van der Waals surface area contributed by atoms with Gasteiger partial charge in [-0.2, -0.15) is 0 Å². The number of aliphatic hydroxyl groups excluding tert-OH is 1. The van der Waals surface area contributed by atoms with Crippen LogP contribution in [0, 0.1) is 0 Å². The van der Waals surface area contributed by atoms with Crippen molar-refractivity contribution in [2.45, 2.75) is 44.2 Å². The Kier molecular flexibility index (Phi) is 6.74. The molecule has 4 aliphatic rings. The fourth-order valence-corrected chi connectivity index (χ4v) is 6.02. The van der Waals surface area contributed by atoms with E-state index in [0.29, 0.717) is 41.0 Å². The number of carbonyl (C=O) groups is 3. The molecule has 6 rings (SSSR count). The highest BCUT2D eigenvalue weighted by Gasteiger charge is 2.42. The van der Waals surface area contributed by atoms with E-state index in [0.717, 1.165) is 42.7 Å². The zero-order valence-corrected chi connectivity index (χ0v) is 22.0. The predicted molar refractivity (Wildman–Crippen MR) is 149 cm³/mol. The van der Waals surface area contributed by atoms with Crippen molar-refractivity contribution in [2.75, 3.05) is 32.1 Å². The Balaban J connectivity index is 1.28.